The van der Waals surface area contributed by atoms with Crippen LogP contribution in [0.2, 0.25) is 0 Å². The van der Waals surface area contributed by atoms with Gasteiger partial charge in [0.25, 0.3) is 0 Å². The maximum absolute atomic E-state index is 12.1. The van der Waals surface area contributed by atoms with Crippen LogP contribution in [0, 0.1) is 67.5 Å². The number of benzene rings is 1. The molecule has 0 aromatic heterocycles. The Kier molecular flexibility index (Phi) is 9.74. The molecule has 0 heterocycles. The first-order chi connectivity index (χ1) is 9.68. The van der Waals surface area contributed by atoms with Gasteiger partial charge in [-0.25, -0.2) is 0 Å². The van der Waals surface area contributed by atoms with Crippen molar-refractivity contribution in [1.29, 1.82) is 0 Å². The van der Waals surface area contributed by atoms with Crippen LogP contribution in [0.15, 0.2) is 29.2 Å². The molecule has 0 spiro atoms. The molecular weight excluding hydrogens is 435 g/mol. The standard InChI is InChI=1S/C12H10IOS.C5H5.Fe/c1-9-5-7-10(8-6-9)15(14)12-4-2-3-11(12)13;1-2-4-5-3-1;/h2-8H,1H3;1-5H;/q;;+2/t15-;;/m0../s1. The van der Waals surface area contributed by atoms with E-state index in [1.165, 1.54) is 5.56 Å². The van der Waals surface area contributed by atoms with Crippen LogP contribution in [0.5, 0.6) is 0 Å². The molecule has 0 N–H and O–H groups in total. The van der Waals surface area contributed by atoms with Gasteiger partial charge >= 0.3 is 17.1 Å². The normalized spacial score (nSPS) is 20.5. The predicted octanol–water partition coefficient (Wildman–Crippen LogP) is 4.25. The van der Waals surface area contributed by atoms with Crippen molar-refractivity contribution in [1.82, 2.24) is 0 Å². The molecule has 1 aromatic carbocycles. The Morgan fingerprint density at radius 1 is 0.857 bits per heavy atom. The van der Waals surface area contributed by atoms with Gasteiger partial charge in [-0.2, -0.15) is 0 Å². The summed E-state index contributed by atoms with van der Waals surface area (Å²) in [6.07, 6.45) is 15.8. The number of halogens is 1. The largest absolute Gasteiger partial charge is 2.00 e. The first-order valence-electron chi connectivity index (χ1n) is 6.25. The third-order valence-electron chi connectivity index (χ3n) is 2.72. The van der Waals surface area contributed by atoms with Crippen molar-refractivity contribution in [3.8, 4) is 0 Å². The maximum Gasteiger partial charge on any atom is 2.00 e. The van der Waals surface area contributed by atoms with Crippen molar-refractivity contribution in [3.63, 3.8) is 0 Å². The Morgan fingerprint density at radius 2 is 1.38 bits per heavy atom. The monoisotopic (exact) mass is 450 g/mol. The molecule has 108 valence electrons. The van der Waals surface area contributed by atoms with Crippen molar-refractivity contribution in [3.05, 3.63) is 90.4 Å². The molecule has 21 heavy (non-hydrogen) atoms. The van der Waals surface area contributed by atoms with Gasteiger partial charge in [-0.3, -0.25) is 4.21 Å². The van der Waals surface area contributed by atoms with Gasteiger partial charge < -0.3 is 0 Å². The minimum atomic E-state index is -1.04. The predicted molar refractivity (Wildman–Crippen MR) is 92.5 cm³/mol. The molecule has 10 radical (unpaired) electrons. The van der Waals surface area contributed by atoms with E-state index < -0.39 is 10.8 Å². The average Bonchev–Trinajstić information content (AvgIpc) is 3.13. The van der Waals surface area contributed by atoms with E-state index >= 15 is 0 Å². The SMILES string of the molecule is Cc1ccc([S@](=O)[C]2[CH][CH][CH][C]2I)cc1.[CH]1[CH][CH][CH][CH]1.[Fe+2]. The summed E-state index contributed by atoms with van der Waals surface area (Å²) in [6, 6.07) is 7.83. The number of rotatable bonds is 2. The molecule has 0 saturated heterocycles. The van der Waals surface area contributed by atoms with Crippen molar-refractivity contribution >= 4 is 33.4 Å². The second-order valence-corrected chi connectivity index (χ2v) is 6.89. The van der Waals surface area contributed by atoms with E-state index in [1.54, 1.807) is 0 Å². The van der Waals surface area contributed by atoms with Gasteiger partial charge in [0.2, 0.25) is 0 Å². The van der Waals surface area contributed by atoms with Crippen molar-refractivity contribution < 1.29 is 21.3 Å². The van der Waals surface area contributed by atoms with Gasteiger partial charge in [-0.05, 0) is 70.4 Å². The van der Waals surface area contributed by atoms with Gasteiger partial charge in [0, 0.05) is 4.90 Å². The third-order valence-corrected chi connectivity index (χ3v) is 5.48. The third kappa shape index (κ3) is 6.32. The fourth-order valence-electron chi connectivity index (χ4n) is 1.64. The Balaban J connectivity index is 0.000000313. The number of aryl methyl sites for hydroxylation is 1. The zero-order chi connectivity index (χ0) is 14.4. The van der Waals surface area contributed by atoms with Crippen LogP contribution in [-0.4, -0.2) is 4.21 Å². The summed E-state index contributed by atoms with van der Waals surface area (Å²) < 4.78 is 13.2. The molecular formula is C17H15FeIOS+2. The Morgan fingerprint density at radius 3 is 1.81 bits per heavy atom. The average molecular weight is 450 g/mol. The van der Waals surface area contributed by atoms with E-state index in [0.717, 1.165) is 14.1 Å². The van der Waals surface area contributed by atoms with E-state index in [2.05, 4.69) is 22.6 Å². The Hall–Kier alpha value is 0.619. The summed E-state index contributed by atoms with van der Waals surface area (Å²) in [5, 5.41) is 0.902. The zero-order valence-corrected chi connectivity index (χ0v) is 15.6. The molecule has 0 aliphatic heterocycles. The zero-order valence-electron chi connectivity index (χ0n) is 11.5. The van der Waals surface area contributed by atoms with E-state index in [-0.39, 0.29) is 17.1 Å². The topological polar surface area (TPSA) is 17.1 Å². The Bertz CT molecular complexity index is 423. The van der Waals surface area contributed by atoms with Gasteiger partial charge in [-0.1, -0.05) is 40.3 Å². The molecule has 2 aliphatic carbocycles. The molecule has 2 aliphatic rings. The summed E-state index contributed by atoms with van der Waals surface area (Å²) >= 11 is 2.21. The fraction of sp³-hybridized carbons (Fsp3) is 0.0588. The number of hydrogen-bond acceptors (Lipinski definition) is 1. The van der Waals surface area contributed by atoms with Crippen molar-refractivity contribution in [2.45, 2.75) is 11.8 Å². The fourth-order valence-corrected chi connectivity index (χ4v) is 3.71. The van der Waals surface area contributed by atoms with Crippen LogP contribution >= 0.6 is 22.6 Å². The van der Waals surface area contributed by atoms with Gasteiger partial charge in [0.05, 0.1) is 20.0 Å². The van der Waals surface area contributed by atoms with Gasteiger partial charge in [0.1, 0.15) is 0 Å². The molecule has 2 fully saturated rings. The smallest absolute Gasteiger partial charge is 0.254 e. The van der Waals surface area contributed by atoms with E-state index in [0.29, 0.717) is 0 Å². The second kappa shape index (κ2) is 10.4. The van der Waals surface area contributed by atoms with Crippen molar-refractivity contribution in [2.24, 2.45) is 0 Å². The minimum Gasteiger partial charge on any atom is -0.254 e. The molecule has 3 rings (SSSR count). The molecule has 2 saturated carbocycles. The Labute approximate surface area is 156 Å². The van der Waals surface area contributed by atoms with Gasteiger partial charge in [0.15, 0.2) is 0 Å². The van der Waals surface area contributed by atoms with Crippen LogP contribution in [-0.2, 0) is 27.9 Å². The maximum atomic E-state index is 12.1. The molecule has 0 bridgehead atoms. The van der Waals surface area contributed by atoms with Crippen molar-refractivity contribution in [2.75, 3.05) is 0 Å². The second-order valence-electron chi connectivity index (χ2n) is 4.28. The van der Waals surface area contributed by atoms with Crippen LogP contribution in [0.4, 0.5) is 0 Å². The summed E-state index contributed by atoms with van der Waals surface area (Å²) in [6.45, 7) is 2.03. The van der Waals surface area contributed by atoms with E-state index in [1.807, 2.05) is 82.6 Å². The summed E-state index contributed by atoms with van der Waals surface area (Å²) in [5.74, 6) is 0. The minimum absolute atomic E-state index is 0. The molecule has 4 heteroatoms. The van der Waals surface area contributed by atoms with Crippen LogP contribution < -0.4 is 0 Å². The first kappa shape index (κ1) is 19.7. The number of hydrogen-bond donors (Lipinski definition) is 0. The molecule has 1 nitrogen and oxygen atoms in total. The van der Waals surface area contributed by atoms with Crippen LogP contribution in [0.25, 0.3) is 0 Å². The molecule has 0 amide bonds. The molecule has 0 unspecified atom stereocenters. The van der Waals surface area contributed by atoms with Gasteiger partial charge in [-0.15, -0.1) is 0 Å². The molecule has 1 atom stereocenters. The van der Waals surface area contributed by atoms with E-state index in [4.69, 9.17) is 0 Å². The summed E-state index contributed by atoms with van der Waals surface area (Å²) in [7, 11) is -1.04. The summed E-state index contributed by atoms with van der Waals surface area (Å²) in [5.41, 5.74) is 1.19. The van der Waals surface area contributed by atoms with Crippen LogP contribution in [0.1, 0.15) is 5.56 Å². The quantitative estimate of drug-likeness (QED) is 0.487. The molecule has 1 aromatic rings. The summed E-state index contributed by atoms with van der Waals surface area (Å²) in [4.78, 5) is 0.865. The first-order valence-corrected chi connectivity index (χ1v) is 8.47. The van der Waals surface area contributed by atoms with Crippen LogP contribution in [0.3, 0.4) is 0 Å². The van der Waals surface area contributed by atoms with E-state index in [9.17, 15) is 4.21 Å².